The second-order valence-corrected chi connectivity index (χ2v) is 8.39. The van der Waals surface area contributed by atoms with Gasteiger partial charge in [0.05, 0.1) is 0 Å². The van der Waals surface area contributed by atoms with Gasteiger partial charge in [-0.05, 0) is 44.4 Å². The molecule has 0 amide bonds. The smallest absolute Gasteiger partial charge is 0.195 e. The van der Waals surface area contributed by atoms with Crippen molar-refractivity contribution in [3.8, 4) is 0 Å². The lowest BCUT2D eigenvalue weighted by atomic mass is 9.79. The summed E-state index contributed by atoms with van der Waals surface area (Å²) in [6, 6.07) is 0. The highest BCUT2D eigenvalue weighted by molar-refractivity contribution is 9.09. The summed E-state index contributed by atoms with van der Waals surface area (Å²) in [5, 5.41) is 0.708. The second kappa shape index (κ2) is 6.41. The van der Waals surface area contributed by atoms with E-state index in [4.69, 9.17) is 0 Å². The molecule has 0 unspecified atom stereocenters. The second-order valence-electron chi connectivity index (χ2n) is 6.16. The zero-order chi connectivity index (χ0) is 13.9. The Kier molecular flexibility index (Phi) is 5.31. The Morgan fingerprint density at radius 3 is 2.32 bits per heavy atom. The first-order chi connectivity index (χ1) is 8.97. The van der Waals surface area contributed by atoms with Gasteiger partial charge in [-0.15, -0.1) is 0 Å². The first-order valence-electron chi connectivity index (χ1n) is 7.32. The minimum Gasteiger partial charge on any atom is -0.195 e. The van der Waals surface area contributed by atoms with Crippen LogP contribution in [0.1, 0.15) is 51.9 Å². The number of rotatable bonds is 4. The Hall–Kier alpha value is 0.350. The molecule has 0 bridgehead atoms. The number of alkyl halides is 1. The van der Waals surface area contributed by atoms with Crippen LogP contribution in [0.5, 0.6) is 0 Å². The van der Waals surface area contributed by atoms with E-state index in [9.17, 15) is 8.42 Å². The van der Waals surface area contributed by atoms with E-state index in [1.807, 2.05) is 0 Å². The summed E-state index contributed by atoms with van der Waals surface area (Å²) in [6.45, 7) is 3.59. The maximum Gasteiger partial charge on any atom is 0.279 e. The lowest BCUT2D eigenvalue weighted by Crippen LogP contribution is -2.56. The van der Waals surface area contributed by atoms with Crippen LogP contribution in [0.15, 0.2) is 0 Å². The average molecular weight is 353 g/mol. The van der Waals surface area contributed by atoms with E-state index >= 15 is 0 Å². The molecule has 0 atom stereocenters. The molecule has 0 aromatic carbocycles. The minimum absolute atomic E-state index is 0.275. The molecule has 1 saturated carbocycles. The molecular formula is C13H25BrN2O2S. The quantitative estimate of drug-likeness (QED) is 0.790. The average Bonchev–Trinajstić information content (AvgIpc) is 2.42. The van der Waals surface area contributed by atoms with Crippen molar-refractivity contribution < 1.29 is 8.42 Å². The highest BCUT2D eigenvalue weighted by Gasteiger charge is 2.38. The highest BCUT2D eigenvalue weighted by atomic mass is 79.9. The number of nitrogens with one attached hydrogen (secondary N) is 1. The van der Waals surface area contributed by atoms with Crippen LogP contribution >= 0.6 is 15.9 Å². The van der Waals surface area contributed by atoms with Crippen molar-refractivity contribution in [2.24, 2.45) is 5.92 Å². The van der Waals surface area contributed by atoms with Gasteiger partial charge in [0.25, 0.3) is 10.2 Å². The van der Waals surface area contributed by atoms with E-state index in [1.165, 1.54) is 0 Å². The molecule has 2 aliphatic rings. The van der Waals surface area contributed by atoms with Gasteiger partial charge < -0.3 is 0 Å². The maximum absolute atomic E-state index is 12.5. The van der Waals surface area contributed by atoms with Crippen molar-refractivity contribution in [3.05, 3.63) is 0 Å². The van der Waals surface area contributed by atoms with Crippen LogP contribution in [0.25, 0.3) is 0 Å². The standard InChI is InChI=1S/C13H25BrN2O2S/c1-12-5-7-13(11-14,8-6-12)15-19(17,18)16-9-3-2-4-10-16/h12,15H,2-11H2,1H3. The Balaban J connectivity index is 2.04. The first kappa shape index (κ1) is 15.7. The number of halogens is 1. The summed E-state index contributed by atoms with van der Waals surface area (Å²) in [5.41, 5.74) is -0.275. The Morgan fingerprint density at radius 1 is 1.21 bits per heavy atom. The van der Waals surface area contributed by atoms with Crippen LogP contribution in [-0.4, -0.2) is 36.7 Å². The summed E-state index contributed by atoms with van der Waals surface area (Å²) in [6.07, 6.45) is 7.20. The first-order valence-corrected chi connectivity index (χ1v) is 9.89. The molecule has 2 rings (SSSR count). The van der Waals surface area contributed by atoms with Gasteiger partial charge in [-0.3, -0.25) is 0 Å². The fraction of sp³-hybridized carbons (Fsp3) is 1.00. The third-order valence-electron chi connectivity index (χ3n) is 4.49. The normalized spacial score (nSPS) is 34.3. The SMILES string of the molecule is CC1CCC(CBr)(NS(=O)(=O)N2CCCCC2)CC1. The van der Waals surface area contributed by atoms with E-state index in [0.717, 1.165) is 44.9 Å². The van der Waals surface area contributed by atoms with Crippen LogP contribution in [0.3, 0.4) is 0 Å². The Morgan fingerprint density at radius 2 is 1.79 bits per heavy atom. The summed E-state index contributed by atoms with van der Waals surface area (Å²) < 4.78 is 29.6. The van der Waals surface area contributed by atoms with E-state index in [2.05, 4.69) is 27.6 Å². The van der Waals surface area contributed by atoms with Crippen molar-refractivity contribution in [2.45, 2.75) is 57.4 Å². The van der Waals surface area contributed by atoms with Gasteiger partial charge in [0.1, 0.15) is 0 Å². The van der Waals surface area contributed by atoms with Crippen molar-refractivity contribution >= 4 is 26.1 Å². The third-order valence-corrected chi connectivity index (χ3v) is 7.30. The van der Waals surface area contributed by atoms with Crippen LogP contribution in [0.2, 0.25) is 0 Å². The number of piperidine rings is 1. The van der Waals surface area contributed by atoms with E-state index in [0.29, 0.717) is 24.3 Å². The van der Waals surface area contributed by atoms with Crippen molar-refractivity contribution in [1.82, 2.24) is 9.03 Å². The van der Waals surface area contributed by atoms with Crippen LogP contribution in [0.4, 0.5) is 0 Å². The Labute approximate surface area is 125 Å². The molecule has 0 aromatic rings. The third kappa shape index (κ3) is 3.93. The molecule has 19 heavy (non-hydrogen) atoms. The predicted octanol–water partition coefficient (Wildman–Crippen LogP) is 2.65. The molecule has 1 aliphatic heterocycles. The monoisotopic (exact) mass is 352 g/mol. The van der Waals surface area contributed by atoms with Gasteiger partial charge in [-0.25, -0.2) is 0 Å². The van der Waals surface area contributed by atoms with Gasteiger partial charge in [0.15, 0.2) is 0 Å². The van der Waals surface area contributed by atoms with Gasteiger partial charge >= 0.3 is 0 Å². The summed E-state index contributed by atoms with van der Waals surface area (Å²) >= 11 is 3.52. The molecule has 1 saturated heterocycles. The predicted molar refractivity (Wildman–Crippen MR) is 81.6 cm³/mol. The van der Waals surface area contributed by atoms with Crippen LogP contribution in [-0.2, 0) is 10.2 Å². The van der Waals surface area contributed by atoms with Crippen LogP contribution in [0, 0.1) is 5.92 Å². The minimum atomic E-state index is -3.32. The fourth-order valence-electron chi connectivity index (χ4n) is 3.02. The summed E-state index contributed by atoms with van der Waals surface area (Å²) in [7, 11) is -3.32. The van der Waals surface area contributed by atoms with E-state index in [1.54, 1.807) is 4.31 Å². The lowest BCUT2D eigenvalue weighted by Gasteiger charge is -2.40. The van der Waals surface area contributed by atoms with Gasteiger partial charge in [-0.1, -0.05) is 29.3 Å². The molecule has 1 N–H and O–H groups in total. The van der Waals surface area contributed by atoms with Crippen molar-refractivity contribution in [2.75, 3.05) is 18.4 Å². The molecule has 1 aliphatic carbocycles. The fourth-order valence-corrected chi connectivity index (χ4v) is 5.60. The zero-order valence-corrected chi connectivity index (χ0v) is 14.1. The summed E-state index contributed by atoms with van der Waals surface area (Å²) in [5.74, 6) is 0.715. The molecule has 2 fully saturated rings. The molecule has 0 spiro atoms. The number of hydrogen-bond acceptors (Lipinski definition) is 2. The molecule has 1 heterocycles. The Bertz CT molecular complexity index is 385. The zero-order valence-electron chi connectivity index (χ0n) is 11.7. The topological polar surface area (TPSA) is 49.4 Å². The van der Waals surface area contributed by atoms with Gasteiger partial charge in [0, 0.05) is 24.0 Å². The van der Waals surface area contributed by atoms with Crippen molar-refractivity contribution in [1.29, 1.82) is 0 Å². The molecule has 6 heteroatoms. The van der Waals surface area contributed by atoms with E-state index < -0.39 is 10.2 Å². The van der Waals surface area contributed by atoms with Crippen molar-refractivity contribution in [3.63, 3.8) is 0 Å². The highest BCUT2D eigenvalue weighted by Crippen LogP contribution is 2.34. The molecule has 0 aromatic heterocycles. The molecule has 0 radical (unpaired) electrons. The summed E-state index contributed by atoms with van der Waals surface area (Å²) in [4.78, 5) is 0. The van der Waals surface area contributed by atoms with Crippen LogP contribution < -0.4 is 4.72 Å². The van der Waals surface area contributed by atoms with Gasteiger partial charge in [-0.2, -0.15) is 17.4 Å². The number of nitrogens with zero attached hydrogens (tertiary/aromatic N) is 1. The molecule has 4 nitrogen and oxygen atoms in total. The molecular weight excluding hydrogens is 328 g/mol. The van der Waals surface area contributed by atoms with E-state index in [-0.39, 0.29) is 5.54 Å². The largest absolute Gasteiger partial charge is 0.279 e. The lowest BCUT2D eigenvalue weighted by molar-refractivity contribution is 0.241. The van der Waals surface area contributed by atoms with Gasteiger partial charge in [0.2, 0.25) is 0 Å². The molecule has 112 valence electrons. The maximum atomic E-state index is 12.5. The number of hydrogen-bond donors (Lipinski definition) is 1.